The number of carbonyl (C=O) groups excluding carboxylic acids is 3. The lowest BCUT2D eigenvalue weighted by molar-refractivity contribution is -0.220. The summed E-state index contributed by atoms with van der Waals surface area (Å²) in [6.45, 7) is 15.1. The minimum Gasteiger partial charge on any atom is -0.344 e. The SMILES string of the molecule is CCCCCOC(C=O)(Cc1cc(CC(C=O)(OCCCCC)OCCCCC)cc(CC(C=O)(OCCCCC)OCCCCC)c1)OCCCCC. The van der Waals surface area contributed by atoms with Gasteiger partial charge in [-0.15, -0.1) is 0 Å². The quantitative estimate of drug-likeness (QED) is 0.0368. The van der Waals surface area contributed by atoms with E-state index in [9.17, 15) is 14.4 Å². The molecule has 0 amide bonds. The Labute approximate surface area is 329 Å². The molecule has 0 atom stereocenters. The van der Waals surface area contributed by atoms with Crippen molar-refractivity contribution in [3.05, 3.63) is 34.9 Å². The van der Waals surface area contributed by atoms with Gasteiger partial charge in [0.1, 0.15) is 0 Å². The lowest BCUT2D eigenvalue weighted by atomic mass is 9.93. The summed E-state index contributed by atoms with van der Waals surface area (Å²) >= 11 is 0. The van der Waals surface area contributed by atoms with Crippen LogP contribution in [0.1, 0.15) is 174 Å². The van der Waals surface area contributed by atoms with E-state index in [1.54, 1.807) is 0 Å². The minimum absolute atomic E-state index is 0.154. The fourth-order valence-corrected chi connectivity index (χ4v) is 6.34. The highest BCUT2D eigenvalue weighted by Gasteiger charge is 2.37. The van der Waals surface area contributed by atoms with Crippen LogP contribution in [-0.2, 0) is 62.1 Å². The van der Waals surface area contributed by atoms with Crippen molar-refractivity contribution in [2.24, 2.45) is 0 Å². The van der Waals surface area contributed by atoms with E-state index < -0.39 is 17.4 Å². The summed E-state index contributed by atoms with van der Waals surface area (Å²) in [6.07, 6.45) is 19.8. The van der Waals surface area contributed by atoms with Crippen LogP contribution >= 0.6 is 0 Å². The first-order chi connectivity index (χ1) is 26.3. The molecule has 9 heteroatoms. The van der Waals surface area contributed by atoms with Gasteiger partial charge in [-0.3, -0.25) is 14.4 Å². The van der Waals surface area contributed by atoms with Crippen molar-refractivity contribution in [2.75, 3.05) is 39.6 Å². The van der Waals surface area contributed by atoms with Gasteiger partial charge in [-0.1, -0.05) is 137 Å². The van der Waals surface area contributed by atoms with Gasteiger partial charge in [-0.2, -0.15) is 0 Å². The average molecular weight is 763 g/mol. The maximum atomic E-state index is 12.9. The number of ether oxygens (including phenoxy) is 6. The molecule has 0 bridgehead atoms. The van der Waals surface area contributed by atoms with Crippen molar-refractivity contribution < 1.29 is 42.8 Å². The van der Waals surface area contributed by atoms with Crippen LogP contribution in [-0.4, -0.2) is 75.9 Å². The molecule has 1 aromatic rings. The molecule has 0 aliphatic rings. The molecule has 0 heterocycles. The summed E-state index contributed by atoms with van der Waals surface area (Å²) in [5.74, 6) is -4.45. The number of hydrogen-bond donors (Lipinski definition) is 0. The highest BCUT2D eigenvalue weighted by Crippen LogP contribution is 2.28. The second kappa shape index (κ2) is 31.1. The highest BCUT2D eigenvalue weighted by atomic mass is 16.7. The number of benzene rings is 1. The first-order valence-electron chi connectivity index (χ1n) is 21.6. The van der Waals surface area contributed by atoms with Crippen LogP contribution in [0.25, 0.3) is 0 Å². The van der Waals surface area contributed by atoms with Crippen molar-refractivity contribution in [2.45, 2.75) is 194 Å². The third-order valence-electron chi connectivity index (χ3n) is 9.57. The fraction of sp³-hybridized carbons (Fsp3) is 0.800. The van der Waals surface area contributed by atoms with Crippen LogP contribution in [0.4, 0.5) is 0 Å². The summed E-state index contributed by atoms with van der Waals surface area (Å²) in [5.41, 5.74) is 2.32. The third-order valence-corrected chi connectivity index (χ3v) is 9.57. The molecule has 0 spiro atoms. The van der Waals surface area contributed by atoms with Crippen LogP contribution in [0.3, 0.4) is 0 Å². The second-order valence-corrected chi connectivity index (χ2v) is 14.8. The van der Waals surface area contributed by atoms with Crippen molar-refractivity contribution in [3.8, 4) is 0 Å². The van der Waals surface area contributed by atoms with Crippen LogP contribution in [0.2, 0.25) is 0 Å². The fourth-order valence-electron chi connectivity index (χ4n) is 6.34. The van der Waals surface area contributed by atoms with Gasteiger partial charge in [0.05, 0.1) is 39.6 Å². The standard InChI is InChI=1S/C45H78O9/c1-7-13-19-25-49-43(37-46,50-26-20-14-8-2)34-40-31-41(35-44(38-47,51-27-21-15-9-3)52-28-22-16-10-4)33-42(32-40)36-45(39-48,53-29-23-17-11-5)54-30-24-18-12-6/h31-33,37-39H,7-30,34-36H2,1-6H3. The summed E-state index contributed by atoms with van der Waals surface area (Å²) in [6, 6.07) is 5.92. The van der Waals surface area contributed by atoms with Crippen LogP contribution in [0.15, 0.2) is 18.2 Å². The van der Waals surface area contributed by atoms with Gasteiger partial charge in [0, 0.05) is 19.3 Å². The van der Waals surface area contributed by atoms with E-state index in [1.807, 2.05) is 18.2 Å². The summed E-state index contributed by atoms with van der Waals surface area (Å²) < 4.78 is 37.8. The van der Waals surface area contributed by atoms with Gasteiger partial charge in [-0.05, 0) is 55.2 Å². The Morgan fingerprint density at radius 1 is 0.352 bits per heavy atom. The lowest BCUT2D eigenvalue weighted by Gasteiger charge is -2.32. The summed E-state index contributed by atoms with van der Waals surface area (Å²) in [7, 11) is 0. The first-order valence-corrected chi connectivity index (χ1v) is 21.6. The molecular weight excluding hydrogens is 684 g/mol. The largest absolute Gasteiger partial charge is 0.344 e. The van der Waals surface area contributed by atoms with Crippen molar-refractivity contribution in [1.82, 2.24) is 0 Å². The van der Waals surface area contributed by atoms with Crippen LogP contribution < -0.4 is 0 Å². The third kappa shape index (κ3) is 20.8. The monoisotopic (exact) mass is 763 g/mol. The Bertz CT molecular complexity index is 909. The zero-order valence-corrected chi connectivity index (χ0v) is 35.2. The van der Waals surface area contributed by atoms with E-state index in [1.165, 1.54) is 0 Å². The molecular formula is C45H78O9. The van der Waals surface area contributed by atoms with Gasteiger partial charge >= 0.3 is 0 Å². The molecule has 0 aliphatic heterocycles. The van der Waals surface area contributed by atoms with Gasteiger partial charge in [0.15, 0.2) is 18.9 Å². The Balaban J connectivity index is 3.77. The molecule has 1 aromatic carbocycles. The van der Waals surface area contributed by atoms with Crippen molar-refractivity contribution in [3.63, 3.8) is 0 Å². The normalized spacial score (nSPS) is 12.3. The molecule has 0 saturated carbocycles. The highest BCUT2D eigenvalue weighted by molar-refractivity contribution is 5.63. The molecule has 0 aliphatic carbocycles. The Kier molecular flexibility index (Phi) is 28.8. The first kappa shape index (κ1) is 50.0. The van der Waals surface area contributed by atoms with Crippen molar-refractivity contribution >= 4 is 18.9 Å². The van der Waals surface area contributed by atoms with Gasteiger partial charge in [0.2, 0.25) is 17.4 Å². The van der Waals surface area contributed by atoms with E-state index >= 15 is 0 Å². The van der Waals surface area contributed by atoms with E-state index in [4.69, 9.17) is 28.4 Å². The van der Waals surface area contributed by atoms with E-state index in [-0.39, 0.29) is 19.3 Å². The molecule has 0 unspecified atom stereocenters. The number of carbonyl (C=O) groups is 3. The number of aldehydes is 3. The molecule has 0 aromatic heterocycles. The summed E-state index contributed by atoms with van der Waals surface area (Å²) in [4.78, 5) is 38.8. The molecule has 1 rings (SSSR count). The average Bonchev–Trinajstić information content (AvgIpc) is 3.18. The molecule has 0 saturated heterocycles. The zero-order chi connectivity index (χ0) is 39.8. The Morgan fingerprint density at radius 3 is 0.685 bits per heavy atom. The molecule has 0 N–H and O–H groups in total. The van der Waals surface area contributed by atoms with Gasteiger partial charge in [-0.25, -0.2) is 0 Å². The van der Waals surface area contributed by atoms with Crippen molar-refractivity contribution in [1.29, 1.82) is 0 Å². The Morgan fingerprint density at radius 2 is 0.537 bits per heavy atom. The minimum atomic E-state index is -1.48. The zero-order valence-electron chi connectivity index (χ0n) is 35.2. The molecule has 312 valence electrons. The molecule has 54 heavy (non-hydrogen) atoms. The molecule has 0 radical (unpaired) electrons. The predicted octanol–water partition coefficient (Wildman–Crippen LogP) is 10.2. The van der Waals surface area contributed by atoms with E-state index in [2.05, 4.69) is 41.5 Å². The molecule has 9 nitrogen and oxygen atoms in total. The van der Waals surface area contributed by atoms with E-state index in [0.29, 0.717) is 39.6 Å². The second-order valence-electron chi connectivity index (χ2n) is 14.8. The topological polar surface area (TPSA) is 107 Å². The van der Waals surface area contributed by atoms with E-state index in [0.717, 1.165) is 151 Å². The number of rotatable bonds is 39. The van der Waals surface area contributed by atoms with Gasteiger partial charge < -0.3 is 28.4 Å². The summed E-state index contributed by atoms with van der Waals surface area (Å²) in [5, 5.41) is 0. The number of unbranched alkanes of at least 4 members (excludes halogenated alkanes) is 12. The molecule has 0 fully saturated rings. The van der Waals surface area contributed by atoms with Crippen LogP contribution in [0.5, 0.6) is 0 Å². The van der Waals surface area contributed by atoms with Crippen LogP contribution in [0, 0.1) is 0 Å². The predicted molar refractivity (Wildman–Crippen MR) is 217 cm³/mol. The maximum Gasteiger partial charge on any atom is 0.229 e. The Hall–Kier alpha value is -2.01. The lowest BCUT2D eigenvalue weighted by Crippen LogP contribution is -2.42. The maximum absolute atomic E-state index is 12.9. The number of hydrogen-bond acceptors (Lipinski definition) is 9. The van der Waals surface area contributed by atoms with Gasteiger partial charge in [0.25, 0.3) is 0 Å². The smallest absolute Gasteiger partial charge is 0.229 e.